The quantitative estimate of drug-likeness (QED) is 0.756. The highest BCUT2D eigenvalue weighted by atomic mass is 16.3. The van der Waals surface area contributed by atoms with Crippen molar-refractivity contribution in [3.8, 4) is 0 Å². The fourth-order valence-corrected chi connectivity index (χ4v) is 1.56. The molecule has 1 aromatic rings. The van der Waals surface area contributed by atoms with Crippen molar-refractivity contribution in [1.29, 1.82) is 0 Å². The van der Waals surface area contributed by atoms with Crippen molar-refractivity contribution in [3.63, 3.8) is 0 Å². The Labute approximate surface area is 106 Å². The maximum atomic E-state index is 11.8. The Morgan fingerprint density at radius 3 is 2.89 bits per heavy atom. The first-order chi connectivity index (χ1) is 8.58. The van der Waals surface area contributed by atoms with Crippen LogP contribution in [0.5, 0.6) is 0 Å². The van der Waals surface area contributed by atoms with Gasteiger partial charge in [-0.25, -0.2) is 4.68 Å². The number of amides is 1. The van der Waals surface area contributed by atoms with Gasteiger partial charge in [0.15, 0.2) is 0 Å². The van der Waals surface area contributed by atoms with E-state index in [0.717, 1.165) is 0 Å². The minimum atomic E-state index is -0.303. The summed E-state index contributed by atoms with van der Waals surface area (Å²) in [4.78, 5) is 23.2. The van der Waals surface area contributed by atoms with Crippen LogP contribution < -0.4 is 10.9 Å². The average Bonchev–Trinajstić information content (AvgIpc) is 2.36. The standard InChI is InChI=1S/C12H19N3O3/c1-3-15-11(17)7-6-10(14-15)12(18)13-9(2)5-4-8-16/h6-7,9,16H,3-5,8H2,1-2H3,(H,13,18). The van der Waals surface area contributed by atoms with Gasteiger partial charge in [-0.3, -0.25) is 9.59 Å². The van der Waals surface area contributed by atoms with Gasteiger partial charge in [-0.2, -0.15) is 5.10 Å². The number of carbonyl (C=O) groups is 1. The normalized spacial score (nSPS) is 12.2. The summed E-state index contributed by atoms with van der Waals surface area (Å²) >= 11 is 0. The van der Waals surface area contributed by atoms with E-state index in [-0.39, 0.29) is 29.8 Å². The minimum Gasteiger partial charge on any atom is -0.396 e. The molecule has 1 aromatic heterocycles. The van der Waals surface area contributed by atoms with Gasteiger partial charge < -0.3 is 10.4 Å². The van der Waals surface area contributed by atoms with Crippen molar-refractivity contribution in [1.82, 2.24) is 15.1 Å². The van der Waals surface area contributed by atoms with E-state index in [9.17, 15) is 9.59 Å². The second kappa shape index (κ2) is 6.90. The van der Waals surface area contributed by atoms with Gasteiger partial charge >= 0.3 is 0 Å². The molecule has 6 heteroatoms. The van der Waals surface area contributed by atoms with E-state index < -0.39 is 0 Å². The van der Waals surface area contributed by atoms with E-state index in [1.165, 1.54) is 16.8 Å². The number of hydrogen-bond acceptors (Lipinski definition) is 4. The number of aliphatic hydroxyl groups excluding tert-OH is 1. The zero-order valence-corrected chi connectivity index (χ0v) is 10.7. The molecule has 18 heavy (non-hydrogen) atoms. The molecule has 1 rings (SSSR count). The van der Waals surface area contributed by atoms with Gasteiger partial charge in [0.05, 0.1) is 0 Å². The molecule has 1 amide bonds. The minimum absolute atomic E-state index is 0.0338. The summed E-state index contributed by atoms with van der Waals surface area (Å²) in [5.74, 6) is -0.303. The van der Waals surface area contributed by atoms with Crippen LogP contribution in [0.3, 0.4) is 0 Å². The van der Waals surface area contributed by atoms with Gasteiger partial charge in [0.1, 0.15) is 5.69 Å². The largest absolute Gasteiger partial charge is 0.396 e. The molecule has 0 fully saturated rings. The second-order valence-electron chi connectivity index (χ2n) is 4.11. The third kappa shape index (κ3) is 3.96. The predicted molar refractivity (Wildman–Crippen MR) is 67.4 cm³/mol. The highest BCUT2D eigenvalue weighted by Crippen LogP contribution is 1.98. The second-order valence-corrected chi connectivity index (χ2v) is 4.11. The molecule has 0 spiro atoms. The van der Waals surface area contributed by atoms with Crippen molar-refractivity contribution < 1.29 is 9.90 Å². The molecule has 100 valence electrons. The van der Waals surface area contributed by atoms with Gasteiger partial charge in [-0.05, 0) is 32.8 Å². The first-order valence-corrected chi connectivity index (χ1v) is 6.08. The third-order valence-corrected chi connectivity index (χ3v) is 2.57. The molecule has 1 atom stereocenters. The van der Waals surface area contributed by atoms with E-state index in [1.54, 1.807) is 6.92 Å². The van der Waals surface area contributed by atoms with Crippen LogP contribution in [0.2, 0.25) is 0 Å². The van der Waals surface area contributed by atoms with E-state index >= 15 is 0 Å². The van der Waals surface area contributed by atoms with Crippen LogP contribution in [0.4, 0.5) is 0 Å². The average molecular weight is 253 g/mol. The van der Waals surface area contributed by atoms with Crippen molar-refractivity contribution in [2.45, 2.75) is 39.3 Å². The van der Waals surface area contributed by atoms with Crippen molar-refractivity contribution >= 4 is 5.91 Å². The first kappa shape index (κ1) is 14.4. The molecule has 2 N–H and O–H groups in total. The molecule has 6 nitrogen and oxygen atoms in total. The van der Waals surface area contributed by atoms with Gasteiger partial charge in [0.2, 0.25) is 0 Å². The zero-order chi connectivity index (χ0) is 13.5. The number of nitrogens with one attached hydrogen (secondary N) is 1. The molecule has 0 aliphatic rings. The topological polar surface area (TPSA) is 84.2 Å². The Hall–Kier alpha value is -1.69. The van der Waals surface area contributed by atoms with Crippen molar-refractivity contribution in [2.75, 3.05) is 6.61 Å². The lowest BCUT2D eigenvalue weighted by Crippen LogP contribution is -2.35. The molecule has 0 aliphatic heterocycles. The third-order valence-electron chi connectivity index (χ3n) is 2.57. The number of hydrogen-bond donors (Lipinski definition) is 2. The van der Waals surface area contributed by atoms with Gasteiger partial charge in [0.25, 0.3) is 11.5 Å². The number of aryl methyl sites for hydroxylation is 1. The summed E-state index contributed by atoms with van der Waals surface area (Å²) in [6, 6.07) is 2.72. The molecular weight excluding hydrogens is 234 g/mol. The number of rotatable bonds is 6. The highest BCUT2D eigenvalue weighted by molar-refractivity contribution is 5.92. The summed E-state index contributed by atoms with van der Waals surface area (Å²) in [5, 5.41) is 15.4. The molecule has 0 saturated carbocycles. The SMILES string of the molecule is CCn1nc(C(=O)NC(C)CCCO)ccc1=O. The lowest BCUT2D eigenvalue weighted by molar-refractivity contribution is 0.0929. The van der Waals surface area contributed by atoms with E-state index in [0.29, 0.717) is 19.4 Å². The Kier molecular flexibility index (Phi) is 5.51. The number of carbonyl (C=O) groups excluding carboxylic acids is 1. The van der Waals surface area contributed by atoms with E-state index in [2.05, 4.69) is 10.4 Å². The van der Waals surface area contributed by atoms with Gasteiger partial charge in [-0.1, -0.05) is 0 Å². The maximum Gasteiger partial charge on any atom is 0.271 e. The molecule has 0 saturated heterocycles. The Morgan fingerprint density at radius 2 is 2.28 bits per heavy atom. The van der Waals surface area contributed by atoms with E-state index in [4.69, 9.17) is 5.11 Å². The van der Waals surface area contributed by atoms with Crippen molar-refractivity contribution in [2.24, 2.45) is 0 Å². The summed E-state index contributed by atoms with van der Waals surface area (Å²) in [6.45, 7) is 4.20. The molecule has 0 radical (unpaired) electrons. The summed E-state index contributed by atoms with van der Waals surface area (Å²) < 4.78 is 1.24. The Balaban J connectivity index is 2.69. The van der Waals surface area contributed by atoms with Crippen LogP contribution in [0, 0.1) is 0 Å². The van der Waals surface area contributed by atoms with Crippen LogP contribution in [0.25, 0.3) is 0 Å². The molecule has 0 aliphatic carbocycles. The lowest BCUT2D eigenvalue weighted by atomic mass is 10.2. The monoisotopic (exact) mass is 253 g/mol. The summed E-state index contributed by atoms with van der Waals surface area (Å²) in [5.41, 5.74) is 0.00896. The van der Waals surface area contributed by atoms with Crippen LogP contribution >= 0.6 is 0 Å². The van der Waals surface area contributed by atoms with Crippen LogP contribution in [-0.2, 0) is 6.54 Å². The fourth-order valence-electron chi connectivity index (χ4n) is 1.56. The maximum absolute atomic E-state index is 11.8. The smallest absolute Gasteiger partial charge is 0.271 e. The predicted octanol–water partition coefficient (Wildman–Crippen LogP) is 0.154. The van der Waals surface area contributed by atoms with Crippen LogP contribution in [0.15, 0.2) is 16.9 Å². The van der Waals surface area contributed by atoms with Crippen LogP contribution in [0.1, 0.15) is 37.2 Å². The number of aromatic nitrogens is 2. The molecule has 0 bridgehead atoms. The molecule has 0 aromatic carbocycles. The molecule has 1 unspecified atom stereocenters. The van der Waals surface area contributed by atoms with Crippen LogP contribution in [-0.4, -0.2) is 33.4 Å². The molecule has 1 heterocycles. The Morgan fingerprint density at radius 1 is 1.56 bits per heavy atom. The first-order valence-electron chi connectivity index (χ1n) is 6.08. The van der Waals surface area contributed by atoms with Gasteiger partial charge in [-0.15, -0.1) is 0 Å². The number of nitrogens with zero attached hydrogens (tertiary/aromatic N) is 2. The zero-order valence-electron chi connectivity index (χ0n) is 10.7. The van der Waals surface area contributed by atoms with E-state index in [1.807, 2.05) is 6.92 Å². The lowest BCUT2D eigenvalue weighted by Gasteiger charge is -2.13. The number of aliphatic hydroxyl groups is 1. The summed E-state index contributed by atoms with van der Waals surface area (Å²) in [7, 11) is 0. The summed E-state index contributed by atoms with van der Waals surface area (Å²) in [6.07, 6.45) is 1.35. The van der Waals surface area contributed by atoms with Gasteiger partial charge in [0, 0.05) is 25.3 Å². The highest BCUT2D eigenvalue weighted by Gasteiger charge is 2.11. The molecular formula is C12H19N3O3. The fraction of sp³-hybridized carbons (Fsp3) is 0.583. The van der Waals surface area contributed by atoms with Crippen molar-refractivity contribution in [3.05, 3.63) is 28.2 Å². The Bertz CT molecular complexity index is 456.